The van der Waals surface area contributed by atoms with Gasteiger partial charge in [0.15, 0.2) is 0 Å². The molecule has 0 saturated heterocycles. The third-order valence-corrected chi connectivity index (χ3v) is 5.43. The van der Waals surface area contributed by atoms with Crippen LogP contribution in [0.25, 0.3) is 10.9 Å². The Morgan fingerprint density at radius 2 is 1.61 bits per heavy atom. The number of carbonyl (C=O) groups is 1. The Balaban J connectivity index is 1.43. The van der Waals surface area contributed by atoms with Crippen molar-refractivity contribution in [3.8, 4) is 0 Å². The second kappa shape index (κ2) is 9.58. The van der Waals surface area contributed by atoms with Gasteiger partial charge in [-0.3, -0.25) is 14.2 Å². The Labute approximate surface area is 185 Å². The minimum absolute atomic E-state index is 0.0781. The molecule has 6 heteroatoms. The molecule has 1 amide bonds. The van der Waals surface area contributed by atoms with E-state index in [1.807, 2.05) is 72.8 Å². The van der Waals surface area contributed by atoms with Gasteiger partial charge in [-0.1, -0.05) is 66.2 Å². The third kappa shape index (κ3) is 5.01. The van der Waals surface area contributed by atoms with Gasteiger partial charge in [0.2, 0.25) is 5.91 Å². The predicted octanol–water partition coefficient (Wildman–Crippen LogP) is 4.74. The molecule has 156 valence electrons. The number of fused-ring (bicyclic) bond motifs is 1. The zero-order valence-electron chi connectivity index (χ0n) is 16.9. The lowest BCUT2D eigenvalue weighted by atomic mass is 9.98. The fourth-order valence-corrected chi connectivity index (χ4v) is 3.69. The van der Waals surface area contributed by atoms with Gasteiger partial charge in [0.05, 0.1) is 23.3 Å². The summed E-state index contributed by atoms with van der Waals surface area (Å²) in [7, 11) is 0. The van der Waals surface area contributed by atoms with Gasteiger partial charge in [-0.2, -0.15) is 0 Å². The molecule has 1 atom stereocenters. The van der Waals surface area contributed by atoms with Crippen molar-refractivity contribution in [2.45, 2.75) is 25.4 Å². The van der Waals surface area contributed by atoms with Gasteiger partial charge in [0, 0.05) is 18.0 Å². The van der Waals surface area contributed by atoms with E-state index in [-0.39, 0.29) is 17.5 Å². The number of aromatic nitrogens is 2. The molecule has 5 nitrogen and oxygen atoms in total. The number of aryl methyl sites for hydroxylation is 1. The summed E-state index contributed by atoms with van der Waals surface area (Å²) >= 11 is 6.02. The largest absolute Gasteiger partial charge is 0.345 e. The predicted molar refractivity (Wildman–Crippen MR) is 123 cm³/mol. The van der Waals surface area contributed by atoms with E-state index < -0.39 is 0 Å². The molecule has 4 aromatic rings. The number of benzene rings is 3. The summed E-state index contributed by atoms with van der Waals surface area (Å²) in [6, 6.07) is 24.3. The van der Waals surface area contributed by atoms with Crippen LogP contribution in [0, 0.1) is 0 Å². The summed E-state index contributed by atoms with van der Waals surface area (Å²) in [4.78, 5) is 29.6. The van der Waals surface area contributed by atoms with E-state index >= 15 is 0 Å². The first-order chi connectivity index (χ1) is 15.1. The molecule has 4 rings (SSSR count). The van der Waals surface area contributed by atoms with E-state index in [9.17, 15) is 9.59 Å². The summed E-state index contributed by atoms with van der Waals surface area (Å²) in [6.07, 6.45) is 2.38. The molecular weight excluding hydrogens is 410 g/mol. The molecule has 0 radical (unpaired) electrons. The second-order valence-corrected chi connectivity index (χ2v) is 7.76. The molecule has 0 aliphatic carbocycles. The Bertz CT molecular complexity index is 1240. The van der Waals surface area contributed by atoms with Gasteiger partial charge in [-0.15, -0.1) is 0 Å². The van der Waals surface area contributed by atoms with Crippen LogP contribution in [-0.2, 0) is 11.3 Å². The van der Waals surface area contributed by atoms with Crippen molar-refractivity contribution in [1.29, 1.82) is 0 Å². The van der Waals surface area contributed by atoms with Gasteiger partial charge in [0.1, 0.15) is 0 Å². The van der Waals surface area contributed by atoms with Crippen LogP contribution in [0.1, 0.15) is 30.0 Å². The van der Waals surface area contributed by atoms with Gasteiger partial charge in [-0.25, -0.2) is 4.98 Å². The number of halogens is 1. The number of para-hydroxylation sites is 1. The summed E-state index contributed by atoms with van der Waals surface area (Å²) in [5.41, 5.74) is 2.54. The Hall–Kier alpha value is -3.44. The average Bonchev–Trinajstić information content (AvgIpc) is 2.80. The number of rotatable bonds is 7. The van der Waals surface area contributed by atoms with Crippen LogP contribution in [0.5, 0.6) is 0 Å². The quantitative estimate of drug-likeness (QED) is 0.460. The van der Waals surface area contributed by atoms with Crippen molar-refractivity contribution in [1.82, 2.24) is 14.9 Å². The van der Waals surface area contributed by atoms with Crippen molar-refractivity contribution in [2.75, 3.05) is 0 Å². The highest BCUT2D eigenvalue weighted by atomic mass is 35.5. The lowest BCUT2D eigenvalue weighted by molar-refractivity contribution is -0.121. The van der Waals surface area contributed by atoms with E-state index in [0.717, 1.165) is 11.1 Å². The highest BCUT2D eigenvalue weighted by molar-refractivity contribution is 6.30. The van der Waals surface area contributed by atoms with Crippen LogP contribution in [-0.4, -0.2) is 15.5 Å². The zero-order chi connectivity index (χ0) is 21.6. The highest BCUT2D eigenvalue weighted by Gasteiger charge is 2.16. The number of amides is 1. The molecular formula is C25H22ClN3O2. The first-order valence-electron chi connectivity index (χ1n) is 10.2. The molecule has 1 aromatic heterocycles. The van der Waals surface area contributed by atoms with Crippen molar-refractivity contribution >= 4 is 28.4 Å². The molecule has 0 fully saturated rings. The van der Waals surface area contributed by atoms with E-state index in [0.29, 0.717) is 35.3 Å². The lowest BCUT2D eigenvalue weighted by Crippen LogP contribution is -2.29. The van der Waals surface area contributed by atoms with Gasteiger partial charge >= 0.3 is 0 Å². The number of hydrogen-bond acceptors (Lipinski definition) is 3. The maximum Gasteiger partial charge on any atom is 0.261 e. The number of hydrogen-bond donors (Lipinski definition) is 1. The monoisotopic (exact) mass is 431 g/mol. The molecule has 0 saturated carbocycles. The fraction of sp³-hybridized carbons (Fsp3) is 0.160. The topological polar surface area (TPSA) is 64.0 Å². The lowest BCUT2D eigenvalue weighted by Gasteiger charge is -2.20. The minimum Gasteiger partial charge on any atom is -0.345 e. The van der Waals surface area contributed by atoms with E-state index in [1.54, 1.807) is 17.0 Å². The van der Waals surface area contributed by atoms with Crippen molar-refractivity contribution in [2.24, 2.45) is 0 Å². The first kappa shape index (κ1) is 20.8. The molecule has 3 aromatic carbocycles. The normalized spacial score (nSPS) is 11.9. The van der Waals surface area contributed by atoms with Gasteiger partial charge in [0.25, 0.3) is 5.56 Å². The highest BCUT2D eigenvalue weighted by Crippen LogP contribution is 2.23. The smallest absolute Gasteiger partial charge is 0.261 e. The molecule has 1 N–H and O–H groups in total. The third-order valence-electron chi connectivity index (χ3n) is 5.18. The Morgan fingerprint density at radius 1 is 0.935 bits per heavy atom. The van der Waals surface area contributed by atoms with Crippen LogP contribution in [0.4, 0.5) is 0 Å². The molecule has 31 heavy (non-hydrogen) atoms. The molecule has 0 bridgehead atoms. The number of nitrogens with one attached hydrogen (secondary N) is 1. The maximum absolute atomic E-state index is 12.7. The standard InChI is InChI=1S/C25H22ClN3O2/c26-20-14-12-19(13-15-20)24(18-7-2-1-3-8-18)28-23(30)11-6-16-29-17-27-22-10-5-4-9-21(22)25(29)31/h1-5,7-10,12-15,17,24H,6,11,16H2,(H,28,30). The molecule has 0 aliphatic heterocycles. The Kier molecular flexibility index (Phi) is 6.43. The molecule has 1 unspecified atom stereocenters. The number of carbonyl (C=O) groups excluding carboxylic acids is 1. The summed E-state index contributed by atoms with van der Waals surface area (Å²) in [6.45, 7) is 0.432. The second-order valence-electron chi connectivity index (χ2n) is 7.33. The van der Waals surface area contributed by atoms with E-state index in [2.05, 4.69) is 10.3 Å². The zero-order valence-corrected chi connectivity index (χ0v) is 17.6. The van der Waals surface area contributed by atoms with Crippen LogP contribution in [0.3, 0.4) is 0 Å². The minimum atomic E-state index is -0.268. The van der Waals surface area contributed by atoms with Crippen molar-refractivity contribution in [3.05, 3.63) is 112 Å². The number of nitrogens with zero attached hydrogens (tertiary/aromatic N) is 2. The molecule has 0 spiro atoms. The van der Waals surface area contributed by atoms with E-state index in [1.165, 1.54) is 0 Å². The van der Waals surface area contributed by atoms with Crippen LogP contribution < -0.4 is 10.9 Å². The molecule has 0 aliphatic rings. The summed E-state index contributed by atoms with van der Waals surface area (Å²) < 4.78 is 1.56. The van der Waals surface area contributed by atoms with E-state index in [4.69, 9.17) is 11.6 Å². The first-order valence-corrected chi connectivity index (χ1v) is 10.5. The Morgan fingerprint density at radius 3 is 2.39 bits per heavy atom. The summed E-state index contributed by atoms with van der Waals surface area (Å²) in [5.74, 6) is -0.0781. The van der Waals surface area contributed by atoms with Crippen molar-refractivity contribution < 1.29 is 4.79 Å². The fourth-order valence-electron chi connectivity index (χ4n) is 3.57. The van der Waals surface area contributed by atoms with Gasteiger partial charge < -0.3 is 5.32 Å². The maximum atomic E-state index is 12.7. The summed E-state index contributed by atoms with van der Waals surface area (Å²) in [5, 5.41) is 4.35. The van der Waals surface area contributed by atoms with Crippen LogP contribution in [0.2, 0.25) is 5.02 Å². The average molecular weight is 432 g/mol. The van der Waals surface area contributed by atoms with Crippen LogP contribution in [0.15, 0.2) is 90.0 Å². The van der Waals surface area contributed by atoms with Gasteiger partial charge in [-0.05, 0) is 41.8 Å². The SMILES string of the molecule is O=C(CCCn1cnc2ccccc2c1=O)NC(c1ccccc1)c1ccc(Cl)cc1. The molecule has 1 heterocycles. The van der Waals surface area contributed by atoms with Crippen molar-refractivity contribution in [3.63, 3.8) is 0 Å². The van der Waals surface area contributed by atoms with Crippen LogP contribution >= 0.6 is 11.6 Å².